The Balaban J connectivity index is 1.45. The van der Waals surface area contributed by atoms with Crippen molar-refractivity contribution in [1.29, 1.82) is 0 Å². The number of hydrogen-bond donors (Lipinski definition) is 0. The quantitative estimate of drug-likeness (QED) is 0.416. The average molecular weight is 439 g/mol. The van der Waals surface area contributed by atoms with Crippen LogP contribution in [0.1, 0.15) is 99.8 Å². The van der Waals surface area contributed by atoms with Gasteiger partial charge in [0.05, 0.1) is 12.7 Å². The molecule has 8 atom stereocenters. The second-order valence-electron chi connectivity index (χ2n) is 13.7. The first kappa shape index (κ1) is 22.9. The van der Waals surface area contributed by atoms with Gasteiger partial charge in [-0.05, 0) is 98.7 Å². The molecule has 0 aromatic rings. The van der Waals surface area contributed by atoms with Crippen LogP contribution in [0.15, 0.2) is 23.3 Å². The molecule has 2 nitrogen and oxygen atoms in total. The maximum atomic E-state index is 12.8. The summed E-state index contributed by atoms with van der Waals surface area (Å²) < 4.78 is 6.25. The fraction of sp³-hybridized carbons (Fsp3) is 0.833. The van der Waals surface area contributed by atoms with E-state index in [4.69, 9.17) is 4.74 Å². The van der Waals surface area contributed by atoms with Crippen molar-refractivity contribution >= 4 is 5.78 Å². The van der Waals surface area contributed by atoms with E-state index in [1.54, 1.807) is 5.57 Å². The second-order valence-corrected chi connectivity index (χ2v) is 13.7. The summed E-state index contributed by atoms with van der Waals surface area (Å²) in [5, 5.41) is 0. The molecule has 1 heterocycles. The molecule has 0 N–H and O–H groups in total. The number of hydrogen-bond acceptors (Lipinski definition) is 2. The van der Waals surface area contributed by atoms with Crippen molar-refractivity contribution in [2.24, 2.45) is 45.3 Å². The van der Waals surface area contributed by atoms with Crippen molar-refractivity contribution in [3.05, 3.63) is 23.3 Å². The molecule has 0 aromatic carbocycles. The van der Waals surface area contributed by atoms with E-state index >= 15 is 0 Å². The number of Topliss-reactive ketones (excluding diaryl/α,β-unsaturated/α-hetero) is 1. The Morgan fingerprint density at radius 2 is 1.81 bits per heavy atom. The molecule has 0 amide bonds. The Hall–Kier alpha value is -0.890. The number of carbonyl (C=O) groups excluding carboxylic acids is 1. The molecule has 1 unspecified atom stereocenters. The summed E-state index contributed by atoms with van der Waals surface area (Å²) in [5.74, 6) is 3.15. The third kappa shape index (κ3) is 2.96. The standard InChI is InChI=1S/C30H46O2/c1-19(2)16-21-17-20(18-32-21)22-10-14-30(7)24-8-9-25-27(3,4)26(31)12-13-28(25,5)23(24)11-15-29(22,30)6/h8,16,20-23,25H,9-15,17-18H2,1-7H3/t20?,21-,22-,23-,25-,28+,29-,30+/m0/s1. The van der Waals surface area contributed by atoms with E-state index in [0.717, 1.165) is 31.8 Å². The van der Waals surface area contributed by atoms with Crippen molar-refractivity contribution in [2.45, 2.75) is 106 Å². The van der Waals surface area contributed by atoms with Gasteiger partial charge in [-0.3, -0.25) is 4.79 Å². The topological polar surface area (TPSA) is 26.3 Å². The molecule has 3 saturated carbocycles. The van der Waals surface area contributed by atoms with Crippen LogP contribution < -0.4 is 0 Å². The molecule has 4 aliphatic carbocycles. The zero-order valence-electron chi connectivity index (χ0n) is 21.7. The van der Waals surface area contributed by atoms with Crippen LogP contribution in [-0.4, -0.2) is 18.5 Å². The van der Waals surface area contributed by atoms with Crippen molar-refractivity contribution in [2.75, 3.05) is 6.61 Å². The van der Waals surface area contributed by atoms with Gasteiger partial charge in [0.15, 0.2) is 0 Å². The lowest BCUT2D eigenvalue weighted by atomic mass is 9.41. The monoisotopic (exact) mass is 438 g/mol. The van der Waals surface area contributed by atoms with Gasteiger partial charge in [-0.25, -0.2) is 0 Å². The number of fused-ring (bicyclic) bond motifs is 5. The highest BCUT2D eigenvalue weighted by Gasteiger charge is 2.65. The fourth-order valence-corrected chi connectivity index (χ4v) is 9.76. The smallest absolute Gasteiger partial charge is 0.138 e. The Morgan fingerprint density at radius 1 is 1.06 bits per heavy atom. The van der Waals surface area contributed by atoms with Gasteiger partial charge in [0.2, 0.25) is 0 Å². The molecule has 2 heteroatoms. The molecule has 178 valence electrons. The lowest BCUT2D eigenvalue weighted by Gasteiger charge is -2.63. The van der Waals surface area contributed by atoms with Gasteiger partial charge in [0.25, 0.3) is 0 Å². The Kier molecular flexibility index (Phi) is 5.22. The van der Waals surface area contributed by atoms with Crippen LogP contribution in [0, 0.1) is 45.3 Å². The van der Waals surface area contributed by atoms with Crippen molar-refractivity contribution < 1.29 is 9.53 Å². The summed E-state index contributed by atoms with van der Waals surface area (Å²) >= 11 is 0. The van der Waals surface area contributed by atoms with Crippen LogP contribution in [0.25, 0.3) is 0 Å². The molecule has 1 saturated heterocycles. The Morgan fingerprint density at radius 3 is 2.53 bits per heavy atom. The maximum absolute atomic E-state index is 12.8. The number of allylic oxidation sites excluding steroid dienone is 3. The Labute approximate surface area is 196 Å². The van der Waals surface area contributed by atoms with E-state index < -0.39 is 0 Å². The van der Waals surface area contributed by atoms with Gasteiger partial charge in [0.1, 0.15) is 5.78 Å². The van der Waals surface area contributed by atoms with E-state index in [0.29, 0.717) is 40.5 Å². The molecular formula is C30H46O2. The minimum Gasteiger partial charge on any atom is -0.374 e. The van der Waals surface area contributed by atoms with Gasteiger partial charge < -0.3 is 4.74 Å². The van der Waals surface area contributed by atoms with Crippen molar-refractivity contribution in [3.63, 3.8) is 0 Å². The third-order valence-corrected chi connectivity index (χ3v) is 11.8. The van der Waals surface area contributed by atoms with Crippen LogP contribution in [0.2, 0.25) is 0 Å². The predicted molar refractivity (Wildman–Crippen MR) is 131 cm³/mol. The molecule has 5 rings (SSSR count). The second kappa shape index (κ2) is 7.30. The van der Waals surface area contributed by atoms with Crippen LogP contribution in [0.4, 0.5) is 0 Å². The summed E-state index contributed by atoms with van der Waals surface area (Å²) in [5.41, 5.74) is 3.98. The zero-order chi connectivity index (χ0) is 23.1. The third-order valence-electron chi connectivity index (χ3n) is 11.8. The molecule has 5 aliphatic rings. The lowest BCUT2D eigenvalue weighted by molar-refractivity contribution is -0.146. The largest absolute Gasteiger partial charge is 0.374 e. The normalized spacial score (nSPS) is 49.7. The van der Waals surface area contributed by atoms with E-state index in [1.165, 1.54) is 37.7 Å². The molecule has 0 bridgehead atoms. The summed E-state index contributed by atoms with van der Waals surface area (Å²) in [6.45, 7) is 17.6. The number of rotatable bonds is 2. The maximum Gasteiger partial charge on any atom is 0.138 e. The molecule has 4 fully saturated rings. The molecule has 32 heavy (non-hydrogen) atoms. The molecule has 0 aromatic heterocycles. The van der Waals surface area contributed by atoms with Gasteiger partial charge >= 0.3 is 0 Å². The Bertz CT molecular complexity index is 860. The van der Waals surface area contributed by atoms with Gasteiger partial charge in [0, 0.05) is 11.8 Å². The minimum atomic E-state index is -0.171. The SMILES string of the molecule is CC(C)=C[C@H]1CC([C@@H]2CC[C@]3(C)C4=CC[C@H]5C(C)(C)C(=O)CC[C@]5(C)[C@H]4CC[C@@]23C)CO1. The van der Waals surface area contributed by atoms with E-state index in [2.05, 4.69) is 60.6 Å². The van der Waals surface area contributed by atoms with Gasteiger partial charge in [-0.1, -0.05) is 57.9 Å². The van der Waals surface area contributed by atoms with Gasteiger partial charge in [-0.2, -0.15) is 0 Å². The van der Waals surface area contributed by atoms with Crippen LogP contribution >= 0.6 is 0 Å². The highest BCUT2D eigenvalue weighted by molar-refractivity contribution is 5.85. The summed E-state index contributed by atoms with van der Waals surface area (Å²) in [6, 6.07) is 0. The first-order valence-electron chi connectivity index (χ1n) is 13.4. The fourth-order valence-electron chi connectivity index (χ4n) is 9.76. The summed E-state index contributed by atoms with van der Waals surface area (Å²) in [4.78, 5) is 12.8. The number of ether oxygens (including phenoxy) is 1. The average Bonchev–Trinajstić information content (AvgIpc) is 3.26. The van der Waals surface area contributed by atoms with Crippen LogP contribution in [-0.2, 0) is 9.53 Å². The highest BCUT2D eigenvalue weighted by Crippen LogP contribution is 2.73. The number of carbonyl (C=O) groups is 1. The first-order chi connectivity index (χ1) is 14.9. The summed E-state index contributed by atoms with van der Waals surface area (Å²) in [7, 11) is 0. The highest BCUT2D eigenvalue weighted by atomic mass is 16.5. The van der Waals surface area contributed by atoms with Crippen molar-refractivity contribution in [3.8, 4) is 0 Å². The molecule has 0 radical (unpaired) electrons. The molecular weight excluding hydrogens is 392 g/mol. The minimum absolute atomic E-state index is 0.171. The van der Waals surface area contributed by atoms with Crippen molar-refractivity contribution in [1.82, 2.24) is 0 Å². The number of ketones is 1. The predicted octanol–water partition coefficient (Wildman–Crippen LogP) is 7.53. The van der Waals surface area contributed by atoms with Crippen LogP contribution in [0.5, 0.6) is 0 Å². The van der Waals surface area contributed by atoms with E-state index in [9.17, 15) is 4.79 Å². The lowest BCUT2D eigenvalue weighted by Crippen LogP contribution is -2.57. The van der Waals surface area contributed by atoms with Gasteiger partial charge in [-0.15, -0.1) is 0 Å². The van der Waals surface area contributed by atoms with Crippen LogP contribution in [0.3, 0.4) is 0 Å². The van der Waals surface area contributed by atoms with E-state index in [1.807, 2.05) is 0 Å². The first-order valence-corrected chi connectivity index (χ1v) is 13.4. The summed E-state index contributed by atoms with van der Waals surface area (Å²) in [6.07, 6.45) is 14.9. The molecule has 0 spiro atoms. The van der Waals surface area contributed by atoms with E-state index in [-0.39, 0.29) is 10.8 Å². The molecule has 1 aliphatic heterocycles. The zero-order valence-corrected chi connectivity index (χ0v) is 21.7.